The highest BCUT2D eigenvalue weighted by Gasteiger charge is 2.38. The Hall–Kier alpha value is -3.50. The first-order valence-electron chi connectivity index (χ1n) is 11.2. The zero-order chi connectivity index (χ0) is 26.2. The highest BCUT2D eigenvalue weighted by molar-refractivity contribution is 6.31. The van der Waals surface area contributed by atoms with E-state index < -0.39 is 28.9 Å². The number of ether oxygens (including phenoxy) is 2. The zero-order valence-electron chi connectivity index (χ0n) is 19.8. The SMILES string of the molecule is CCOC(=O)C1=CN(C(=O)c2ccc(F)c(F)c2)CC(C)(C)c2c1[nH]c1cc(OCCO)c(Cl)nc21. The van der Waals surface area contributed by atoms with Crippen LogP contribution in [0.3, 0.4) is 0 Å². The van der Waals surface area contributed by atoms with Gasteiger partial charge in [0.05, 0.1) is 35.5 Å². The molecule has 1 amide bonds. The van der Waals surface area contributed by atoms with Crippen molar-refractivity contribution in [2.45, 2.75) is 26.2 Å². The fourth-order valence-corrected chi connectivity index (χ4v) is 4.45. The number of nitrogens with one attached hydrogen (secondary N) is 1. The minimum atomic E-state index is -1.15. The normalized spacial score (nSPS) is 14.8. The van der Waals surface area contributed by atoms with Gasteiger partial charge in [-0.15, -0.1) is 0 Å². The molecule has 0 unspecified atom stereocenters. The smallest absolute Gasteiger partial charge is 0.341 e. The summed E-state index contributed by atoms with van der Waals surface area (Å²) in [5, 5.41) is 9.13. The van der Waals surface area contributed by atoms with Crippen molar-refractivity contribution in [1.82, 2.24) is 14.9 Å². The molecule has 0 aliphatic carbocycles. The minimum absolute atomic E-state index is 0.0217. The number of H-pyrrole nitrogens is 1. The lowest BCUT2D eigenvalue weighted by atomic mass is 9.83. The molecule has 2 N–H and O–H groups in total. The Kier molecular flexibility index (Phi) is 7.01. The molecule has 2 aromatic heterocycles. The average molecular weight is 520 g/mol. The maximum Gasteiger partial charge on any atom is 0.341 e. The van der Waals surface area contributed by atoms with E-state index in [2.05, 4.69) is 9.97 Å². The lowest BCUT2D eigenvalue weighted by Gasteiger charge is -2.29. The maximum atomic E-state index is 13.8. The van der Waals surface area contributed by atoms with Crippen LogP contribution in [0.25, 0.3) is 16.6 Å². The van der Waals surface area contributed by atoms with Gasteiger partial charge in [0.1, 0.15) is 6.61 Å². The highest BCUT2D eigenvalue weighted by Crippen LogP contribution is 2.41. The Labute approximate surface area is 210 Å². The number of hydrogen-bond donors (Lipinski definition) is 2. The summed E-state index contributed by atoms with van der Waals surface area (Å²) in [5.74, 6) is -3.28. The van der Waals surface area contributed by atoms with E-state index in [1.807, 2.05) is 13.8 Å². The molecule has 3 heterocycles. The van der Waals surface area contributed by atoms with Crippen LogP contribution in [-0.4, -0.2) is 58.2 Å². The van der Waals surface area contributed by atoms with Crippen LogP contribution in [0, 0.1) is 11.6 Å². The van der Waals surface area contributed by atoms with Crippen LogP contribution < -0.4 is 4.74 Å². The largest absolute Gasteiger partial charge is 0.488 e. The molecule has 4 rings (SSSR count). The zero-order valence-corrected chi connectivity index (χ0v) is 20.6. The van der Waals surface area contributed by atoms with Crippen LogP contribution in [0.5, 0.6) is 5.75 Å². The molecule has 1 aliphatic rings. The Bertz CT molecular complexity index is 1390. The van der Waals surface area contributed by atoms with Gasteiger partial charge in [0.2, 0.25) is 0 Å². The van der Waals surface area contributed by atoms with Crippen molar-refractivity contribution in [1.29, 1.82) is 0 Å². The van der Waals surface area contributed by atoms with E-state index in [0.29, 0.717) is 22.3 Å². The van der Waals surface area contributed by atoms with Crippen molar-refractivity contribution < 1.29 is 33.0 Å². The van der Waals surface area contributed by atoms with Crippen molar-refractivity contribution in [3.05, 3.63) is 64.1 Å². The molecule has 0 fully saturated rings. The number of aromatic nitrogens is 2. The number of aliphatic hydroxyl groups excluding tert-OH is 1. The third-order valence-corrected chi connectivity index (χ3v) is 6.03. The van der Waals surface area contributed by atoms with Gasteiger partial charge in [0, 0.05) is 35.4 Å². The number of fused-ring (bicyclic) bond motifs is 3. The Morgan fingerprint density at radius 1 is 1.25 bits per heavy atom. The van der Waals surface area contributed by atoms with Crippen LogP contribution in [0.2, 0.25) is 5.15 Å². The molecule has 0 saturated heterocycles. The Morgan fingerprint density at radius 2 is 2.00 bits per heavy atom. The van der Waals surface area contributed by atoms with E-state index in [-0.39, 0.29) is 48.4 Å². The van der Waals surface area contributed by atoms with Crippen LogP contribution >= 0.6 is 11.6 Å². The molecule has 3 aromatic rings. The molecule has 0 bridgehead atoms. The second-order valence-corrected chi connectivity index (χ2v) is 9.19. The van der Waals surface area contributed by atoms with Gasteiger partial charge in [0.25, 0.3) is 5.91 Å². The number of carbonyl (C=O) groups is 2. The number of benzene rings is 1. The van der Waals surface area contributed by atoms with Gasteiger partial charge in [0.15, 0.2) is 22.5 Å². The second kappa shape index (κ2) is 9.87. The van der Waals surface area contributed by atoms with Gasteiger partial charge >= 0.3 is 5.97 Å². The van der Waals surface area contributed by atoms with Crippen LogP contribution in [-0.2, 0) is 14.9 Å². The number of carbonyl (C=O) groups excluding carboxylic acids is 2. The van der Waals surface area contributed by atoms with Crippen LogP contribution in [0.15, 0.2) is 30.5 Å². The summed E-state index contributed by atoms with van der Waals surface area (Å²) < 4.78 is 38.0. The molecule has 11 heteroatoms. The number of nitrogens with zero attached hydrogens (tertiary/aromatic N) is 2. The van der Waals surface area contributed by atoms with Crippen molar-refractivity contribution in [2.75, 3.05) is 26.4 Å². The molecule has 0 radical (unpaired) electrons. The third kappa shape index (κ3) is 4.66. The summed E-state index contributed by atoms with van der Waals surface area (Å²) in [5.41, 5.74) is 1.20. The lowest BCUT2D eigenvalue weighted by molar-refractivity contribution is -0.136. The Balaban J connectivity index is 1.89. The second-order valence-electron chi connectivity index (χ2n) is 8.83. The summed E-state index contributed by atoms with van der Waals surface area (Å²) in [6, 6.07) is 4.50. The molecule has 1 aliphatic heterocycles. The van der Waals surface area contributed by atoms with Crippen LogP contribution in [0.1, 0.15) is 42.4 Å². The van der Waals surface area contributed by atoms with Gasteiger partial charge in [-0.1, -0.05) is 25.4 Å². The number of esters is 1. The number of pyridine rings is 1. The molecule has 0 atom stereocenters. The Morgan fingerprint density at radius 3 is 2.67 bits per heavy atom. The fourth-order valence-electron chi connectivity index (χ4n) is 4.25. The predicted molar refractivity (Wildman–Crippen MR) is 129 cm³/mol. The molecule has 0 spiro atoms. The molecule has 1 aromatic carbocycles. The monoisotopic (exact) mass is 519 g/mol. The maximum absolute atomic E-state index is 13.8. The number of aliphatic hydroxyl groups is 1. The molecular formula is C25H24ClF2N3O5. The molecule has 8 nitrogen and oxygen atoms in total. The number of rotatable bonds is 6. The highest BCUT2D eigenvalue weighted by atomic mass is 35.5. The lowest BCUT2D eigenvalue weighted by Crippen LogP contribution is -2.37. The number of halogens is 3. The van der Waals surface area contributed by atoms with E-state index in [1.165, 1.54) is 17.2 Å². The van der Waals surface area contributed by atoms with Gasteiger partial charge in [-0.25, -0.2) is 18.6 Å². The van der Waals surface area contributed by atoms with Gasteiger partial charge in [-0.2, -0.15) is 0 Å². The van der Waals surface area contributed by atoms with Crippen molar-refractivity contribution >= 4 is 40.1 Å². The van der Waals surface area contributed by atoms with Crippen molar-refractivity contribution in [3.63, 3.8) is 0 Å². The van der Waals surface area contributed by atoms with Crippen LogP contribution in [0.4, 0.5) is 8.78 Å². The number of hydrogen-bond acceptors (Lipinski definition) is 6. The standard InChI is InChI=1S/C25H24ClF2N3O5/c1-4-35-24(34)14-11-31(23(33)13-5-6-15(27)16(28)9-13)12-25(2,3)19-20(14)29-17-10-18(36-8-7-32)22(26)30-21(17)19/h5-6,9-11,29,32H,4,7-8,12H2,1-3H3. The first kappa shape index (κ1) is 25.6. The quantitative estimate of drug-likeness (QED) is 0.373. The molecular weight excluding hydrogens is 496 g/mol. The summed E-state index contributed by atoms with van der Waals surface area (Å²) in [6.45, 7) is 5.36. The first-order chi connectivity index (χ1) is 17.1. The van der Waals surface area contributed by atoms with Gasteiger partial charge in [-0.3, -0.25) is 4.79 Å². The van der Waals surface area contributed by atoms with E-state index in [4.69, 9.17) is 26.2 Å². The van der Waals surface area contributed by atoms with E-state index in [9.17, 15) is 18.4 Å². The first-order valence-corrected chi connectivity index (χ1v) is 11.6. The minimum Gasteiger partial charge on any atom is -0.488 e. The molecule has 36 heavy (non-hydrogen) atoms. The van der Waals surface area contributed by atoms with Crippen molar-refractivity contribution in [3.8, 4) is 5.75 Å². The van der Waals surface area contributed by atoms with E-state index >= 15 is 0 Å². The molecule has 0 saturated carbocycles. The summed E-state index contributed by atoms with van der Waals surface area (Å²) >= 11 is 6.34. The molecule has 190 valence electrons. The predicted octanol–water partition coefficient (Wildman–Crippen LogP) is 4.20. The number of aromatic amines is 1. The van der Waals surface area contributed by atoms with Gasteiger partial charge < -0.3 is 24.5 Å². The summed E-state index contributed by atoms with van der Waals surface area (Å²) in [4.78, 5) is 35.3. The van der Waals surface area contributed by atoms with E-state index in [0.717, 1.165) is 12.1 Å². The van der Waals surface area contributed by atoms with Gasteiger partial charge in [-0.05, 0) is 25.1 Å². The summed E-state index contributed by atoms with van der Waals surface area (Å²) in [7, 11) is 0. The summed E-state index contributed by atoms with van der Waals surface area (Å²) in [6.07, 6.45) is 1.34. The average Bonchev–Trinajstić information content (AvgIpc) is 3.14. The van der Waals surface area contributed by atoms with E-state index in [1.54, 1.807) is 13.0 Å². The number of amides is 1. The third-order valence-electron chi connectivity index (χ3n) is 5.76. The van der Waals surface area contributed by atoms with Crippen molar-refractivity contribution in [2.24, 2.45) is 0 Å². The fraction of sp³-hybridized carbons (Fsp3) is 0.320. The topological polar surface area (TPSA) is 105 Å².